The van der Waals surface area contributed by atoms with Crippen molar-refractivity contribution in [3.8, 4) is 5.88 Å². The lowest BCUT2D eigenvalue weighted by Crippen LogP contribution is -2.41. The zero-order chi connectivity index (χ0) is 30.6. The van der Waals surface area contributed by atoms with E-state index in [2.05, 4.69) is 5.10 Å². The number of allylic oxidation sites excluding steroid dienone is 4. The van der Waals surface area contributed by atoms with Crippen LogP contribution in [-0.4, -0.2) is 53.6 Å². The average molecular weight is 590 g/mol. The molecule has 0 radical (unpaired) electrons. The Hall–Kier alpha value is -4.50. The van der Waals surface area contributed by atoms with Crippen LogP contribution in [0.25, 0.3) is 5.57 Å². The molecule has 0 saturated carbocycles. The van der Waals surface area contributed by atoms with E-state index in [1.807, 2.05) is 37.3 Å². The standard InChI is InChI=1S/C32H32ClN3O6/c1-20(37)24-15-16-32(2,33)19-26(24)25-18-28(38)36(34-29(25)41-4)27(17-21-9-7-6-8-10-21)30(39)35(3)23-13-11-22(12-14-23)31(40)42-5/h6-16,18,27H,17,19H2,1-5H3/t27-,32?/m0/s1. The molecule has 0 bridgehead atoms. The predicted molar refractivity (Wildman–Crippen MR) is 161 cm³/mol. The number of ether oxygens (including phenoxy) is 2. The van der Waals surface area contributed by atoms with E-state index in [1.54, 1.807) is 43.5 Å². The van der Waals surface area contributed by atoms with Crippen LogP contribution in [-0.2, 0) is 20.7 Å². The first kappa shape index (κ1) is 30.5. The molecule has 1 amide bonds. The maximum absolute atomic E-state index is 14.0. The van der Waals surface area contributed by atoms with Gasteiger partial charge in [-0.05, 0) is 55.7 Å². The molecule has 0 fully saturated rings. The fourth-order valence-corrected chi connectivity index (χ4v) is 5.07. The summed E-state index contributed by atoms with van der Waals surface area (Å²) in [6.07, 6.45) is 3.85. The number of likely N-dealkylation sites (N-methyl/N-ethyl adjacent to an activating group) is 1. The summed E-state index contributed by atoms with van der Waals surface area (Å²) >= 11 is 6.61. The Balaban J connectivity index is 1.81. The monoisotopic (exact) mass is 589 g/mol. The van der Waals surface area contributed by atoms with Crippen LogP contribution in [0.1, 0.15) is 47.8 Å². The number of methoxy groups -OCH3 is 2. The molecule has 1 heterocycles. The number of halogens is 1. The fourth-order valence-electron chi connectivity index (χ4n) is 4.88. The lowest BCUT2D eigenvalue weighted by molar-refractivity contribution is -0.121. The normalized spacial score (nSPS) is 17.0. The molecule has 0 spiro atoms. The van der Waals surface area contributed by atoms with Gasteiger partial charge in [-0.2, -0.15) is 0 Å². The SMILES string of the molecule is COC(=O)c1ccc(N(C)C(=O)[C@H](Cc2ccccc2)n2nc(OC)c(C3=C(C(C)=O)C=CC(C)(Cl)C3)cc2=O)cc1. The van der Waals surface area contributed by atoms with Crippen LogP contribution in [0.2, 0.25) is 0 Å². The summed E-state index contributed by atoms with van der Waals surface area (Å²) in [7, 11) is 4.29. The molecular weight excluding hydrogens is 558 g/mol. The van der Waals surface area contributed by atoms with E-state index < -0.39 is 28.4 Å². The van der Waals surface area contributed by atoms with Crippen LogP contribution in [0, 0.1) is 0 Å². The van der Waals surface area contributed by atoms with Crippen molar-refractivity contribution in [2.24, 2.45) is 0 Å². The third-order valence-corrected chi connectivity index (χ3v) is 7.38. The van der Waals surface area contributed by atoms with E-state index in [9.17, 15) is 19.2 Å². The third kappa shape index (κ3) is 6.52. The van der Waals surface area contributed by atoms with E-state index in [0.717, 1.165) is 10.2 Å². The van der Waals surface area contributed by atoms with Gasteiger partial charge in [-0.25, -0.2) is 9.48 Å². The Morgan fingerprint density at radius 2 is 1.76 bits per heavy atom. The van der Waals surface area contributed by atoms with Crippen molar-refractivity contribution in [3.63, 3.8) is 0 Å². The van der Waals surface area contributed by atoms with Gasteiger partial charge in [0.15, 0.2) is 5.78 Å². The number of rotatable bonds is 9. The number of Topliss-reactive ketones (excluding diaryl/α,β-unsaturated/α-hetero) is 1. The Morgan fingerprint density at radius 3 is 2.36 bits per heavy atom. The fraction of sp³-hybridized carbons (Fsp3) is 0.281. The molecule has 0 aliphatic heterocycles. The molecule has 1 aromatic heterocycles. The van der Waals surface area contributed by atoms with Gasteiger partial charge >= 0.3 is 5.97 Å². The molecule has 1 aliphatic carbocycles. The van der Waals surface area contributed by atoms with Gasteiger partial charge < -0.3 is 14.4 Å². The number of nitrogens with zero attached hydrogens (tertiary/aromatic N) is 3. The largest absolute Gasteiger partial charge is 0.480 e. The van der Waals surface area contributed by atoms with E-state index in [4.69, 9.17) is 21.1 Å². The number of anilines is 1. The lowest BCUT2D eigenvalue weighted by atomic mass is 9.85. The second kappa shape index (κ2) is 12.6. The molecule has 1 unspecified atom stereocenters. The molecule has 3 aromatic rings. The predicted octanol–water partition coefficient (Wildman–Crippen LogP) is 4.79. The first-order valence-corrected chi connectivity index (χ1v) is 13.6. The van der Waals surface area contributed by atoms with E-state index in [0.29, 0.717) is 28.0 Å². The van der Waals surface area contributed by atoms with Crippen molar-refractivity contribution in [1.29, 1.82) is 0 Å². The molecule has 9 nitrogen and oxygen atoms in total. The summed E-state index contributed by atoms with van der Waals surface area (Å²) < 4.78 is 11.5. The van der Waals surface area contributed by atoms with Gasteiger partial charge in [0.2, 0.25) is 5.88 Å². The Bertz CT molecular complexity index is 1620. The number of amides is 1. The Morgan fingerprint density at radius 1 is 1.10 bits per heavy atom. The molecule has 10 heteroatoms. The molecule has 42 heavy (non-hydrogen) atoms. The first-order chi connectivity index (χ1) is 20.0. The minimum Gasteiger partial charge on any atom is -0.480 e. The van der Waals surface area contributed by atoms with Gasteiger partial charge in [0.1, 0.15) is 6.04 Å². The minimum atomic E-state index is -1.04. The molecule has 0 N–H and O–H groups in total. The number of benzene rings is 2. The highest BCUT2D eigenvalue weighted by atomic mass is 35.5. The first-order valence-electron chi connectivity index (χ1n) is 13.3. The van der Waals surface area contributed by atoms with Gasteiger partial charge in [-0.3, -0.25) is 14.4 Å². The summed E-state index contributed by atoms with van der Waals surface area (Å²) in [6, 6.07) is 15.9. The van der Waals surface area contributed by atoms with Crippen LogP contribution in [0.15, 0.2) is 83.2 Å². The van der Waals surface area contributed by atoms with Gasteiger partial charge in [0, 0.05) is 36.4 Å². The van der Waals surface area contributed by atoms with E-state index in [1.165, 1.54) is 32.1 Å². The van der Waals surface area contributed by atoms with Crippen LogP contribution >= 0.6 is 11.6 Å². The summed E-state index contributed by atoms with van der Waals surface area (Å²) in [4.78, 5) is 52.7. The van der Waals surface area contributed by atoms with Crippen LogP contribution < -0.4 is 15.2 Å². The van der Waals surface area contributed by atoms with Crippen molar-refractivity contribution in [2.45, 2.75) is 37.6 Å². The summed E-state index contributed by atoms with van der Waals surface area (Å²) in [6.45, 7) is 3.25. The van der Waals surface area contributed by atoms with Crippen LogP contribution in [0.5, 0.6) is 5.88 Å². The Labute approximate surface area is 249 Å². The topological polar surface area (TPSA) is 108 Å². The molecule has 2 atom stereocenters. The number of ketones is 1. The smallest absolute Gasteiger partial charge is 0.337 e. The van der Waals surface area contributed by atoms with Gasteiger partial charge in [-0.15, -0.1) is 16.7 Å². The maximum atomic E-state index is 14.0. The Kier molecular flexibility index (Phi) is 9.11. The van der Waals surface area contributed by atoms with Crippen molar-refractivity contribution in [1.82, 2.24) is 9.78 Å². The van der Waals surface area contributed by atoms with Gasteiger partial charge in [0.05, 0.1) is 24.7 Å². The molecule has 218 valence electrons. The number of aromatic nitrogens is 2. The maximum Gasteiger partial charge on any atom is 0.337 e. The molecule has 1 aliphatic rings. The number of alkyl halides is 1. The molecule has 2 aromatic carbocycles. The van der Waals surface area contributed by atoms with Crippen LogP contribution in [0.4, 0.5) is 5.69 Å². The quantitative estimate of drug-likeness (QED) is 0.261. The number of esters is 1. The van der Waals surface area contributed by atoms with Crippen molar-refractivity contribution in [2.75, 3.05) is 26.2 Å². The van der Waals surface area contributed by atoms with E-state index >= 15 is 0 Å². The minimum absolute atomic E-state index is 0.0852. The second-order valence-electron chi connectivity index (χ2n) is 10.2. The highest BCUT2D eigenvalue weighted by Crippen LogP contribution is 2.40. The van der Waals surface area contributed by atoms with Crippen molar-refractivity contribution >= 4 is 40.5 Å². The molecule has 4 rings (SSSR count). The molecular formula is C32H32ClN3O6. The number of hydrogen-bond acceptors (Lipinski definition) is 7. The highest BCUT2D eigenvalue weighted by molar-refractivity contribution is 6.26. The lowest BCUT2D eigenvalue weighted by Gasteiger charge is -2.28. The number of carbonyl (C=O) groups excluding carboxylic acids is 3. The molecule has 0 saturated heterocycles. The average Bonchev–Trinajstić information content (AvgIpc) is 2.98. The number of hydrogen-bond donors (Lipinski definition) is 0. The summed E-state index contributed by atoms with van der Waals surface area (Å²) in [5.74, 6) is -1.00. The summed E-state index contributed by atoms with van der Waals surface area (Å²) in [5.41, 5.74) is 2.43. The number of carbonyl (C=O) groups is 3. The van der Waals surface area contributed by atoms with Gasteiger partial charge in [0.25, 0.3) is 11.5 Å². The van der Waals surface area contributed by atoms with Crippen molar-refractivity contribution in [3.05, 3.63) is 105 Å². The highest BCUT2D eigenvalue weighted by Gasteiger charge is 2.32. The third-order valence-electron chi connectivity index (χ3n) is 7.12. The van der Waals surface area contributed by atoms with Gasteiger partial charge in [-0.1, -0.05) is 42.5 Å². The second-order valence-corrected chi connectivity index (χ2v) is 11.1. The van der Waals surface area contributed by atoms with E-state index in [-0.39, 0.29) is 24.5 Å². The van der Waals surface area contributed by atoms with Crippen LogP contribution in [0.3, 0.4) is 0 Å². The zero-order valence-electron chi connectivity index (χ0n) is 24.1. The summed E-state index contributed by atoms with van der Waals surface area (Å²) in [5, 5.41) is 4.51. The van der Waals surface area contributed by atoms with Crippen molar-refractivity contribution < 1.29 is 23.9 Å². The zero-order valence-corrected chi connectivity index (χ0v) is 24.8.